The number of hydrogen-bond acceptors (Lipinski definition) is 8. The van der Waals surface area contributed by atoms with Gasteiger partial charge in [0.25, 0.3) is 10.0 Å². The van der Waals surface area contributed by atoms with Crippen molar-refractivity contribution in [3.8, 4) is 11.5 Å². The maximum atomic E-state index is 13.6. The Balaban J connectivity index is 1.63. The van der Waals surface area contributed by atoms with Gasteiger partial charge in [0.15, 0.2) is 0 Å². The molecule has 1 fully saturated rings. The van der Waals surface area contributed by atoms with Crippen molar-refractivity contribution in [3.63, 3.8) is 0 Å². The molecule has 4 rings (SSSR count). The fraction of sp³-hybridized carbons (Fsp3) is 0.269. The largest absolute Gasteiger partial charge is 0.497 e. The summed E-state index contributed by atoms with van der Waals surface area (Å²) in [6.45, 7) is 0.423. The van der Waals surface area contributed by atoms with E-state index in [1.807, 2.05) is 0 Å². The Morgan fingerprint density at radius 2 is 1.54 bits per heavy atom. The number of hydrogen-bond donors (Lipinski definition) is 1. The summed E-state index contributed by atoms with van der Waals surface area (Å²) < 4.78 is 71.4. The zero-order valence-electron chi connectivity index (χ0n) is 21.4. The van der Waals surface area contributed by atoms with E-state index in [4.69, 9.17) is 14.2 Å². The van der Waals surface area contributed by atoms with Crippen molar-refractivity contribution in [2.75, 3.05) is 56.7 Å². The number of methoxy groups -OCH3 is 2. The average Bonchev–Trinajstić information content (AvgIpc) is 2.96. The molecule has 0 saturated carbocycles. The van der Waals surface area contributed by atoms with E-state index in [1.165, 1.54) is 61.0 Å². The summed E-state index contributed by atoms with van der Waals surface area (Å²) in [5, 5.41) is 2.62. The standard InChI is InChI=1S/C26H29N3O8S2/c1-35-21-8-10-22(11-9-21)39(33,34)29(20-6-4-3-5-7-20)19-26(30)27-24-18-23(12-13-25(24)36-2)38(31,32)28-14-16-37-17-15-28/h3-13,18H,14-17,19H2,1-2H3,(H,27,30). The molecule has 0 spiro atoms. The van der Waals surface area contributed by atoms with E-state index in [0.29, 0.717) is 5.75 Å². The van der Waals surface area contributed by atoms with Crippen LogP contribution in [0.15, 0.2) is 82.6 Å². The Morgan fingerprint density at radius 3 is 2.15 bits per heavy atom. The molecular formula is C26H29N3O8S2. The number of amides is 1. The van der Waals surface area contributed by atoms with Gasteiger partial charge in [0.05, 0.1) is 48.6 Å². The highest BCUT2D eigenvalue weighted by atomic mass is 32.2. The lowest BCUT2D eigenvalue weighted by Crippen LogP contribution is -2.40. The summed E-state index contributed by atoms with van der Waals surface area (Å²) in [4.78, 5) is 13.2. The van der Waals surface area contributed by atoms with Gasteiger partial charge in [-0.05, 0) is 54.6 Å². The van der Waals surface area contributed by atoms with Gasteiger partial charge in [0.2, 0.25) is 15.9 Å². The molecule has 0 radical (unpaired) electrons. The molecule has 1 heterocycles. The molecule has 1 saturated heterocycles. The van der Waals surface area contributed by atoms with Crippen LogP contribution in [0, 0.1) is 0 Å². The Kier molecular flexibility index (Phi) is 8.75. The van der Waals surface area contributed by atoms with Gasteiger partial charge in [0.1, 0.15) is 18.0 Å². The number of carbonyl (C=O) groups is 1. The number of benzene rings is 3. The quantitative estimate of drug-likeness (QED) is 0.390. The SMILES string of the molecule is COc1ccc(S(=O)(=O)N(CC(=O)Nc2cc(S(=O)(=O)N3CCOCC3)ccc2OC)c2ccccc2)cc1. The molecule has 0 unspecified atom stereocenters. The summed E-state index contributed by atoms with van der Waals surface area (Å²) >= 11 is 0. The third-order valence-corrected chi connectivity index (χ3v) is 9.71. The molecule has 208 valence electrons. The summed E-state index contributed by atoms with van der Waals surface area (Å²) in [7, 11) is -5.15. The zero-order chi connectivity index (χ0) is 28.0. The lowest BCUT2D eigenvalue weighted by molar-refractivity contribution is -0.114. The smallest absolute Gasteiger partial charge is 0.264 e. The average molecular weight is 576 g/mol. The van der Waals surface area contributed by atoms with Crippen LogP contribution in [0.25, 0.3) is 0 Å². The third kappa shape index (κ3) is 6.33. The number of carbonyl (C=O) groups excluding carboxylic acids is 1. The van der Waals surface area contributed by atoms with E-state index in [2.05, 4.69) is 5.32 Å². The van der Waals surface area contributed by atoms with Crippen LogP contribution in [0.3, 0.4) is 0 Å². The fourth-order valence-corrected chi connectivity index (χ4v) is 6.84. The van der Waals surface area contributed by atoms with E-state index in [1.54, 1.807) is 30.3 Å². The number of morpholine rings is 1. The molecule has 0 aromatic heterocycles. The molecular weight excluding hydrogens is 546 g/mol. The molecule has 1 amide bonds. The maximum Gasteiger partial charge on any atom is 0.264 e. The molecule has 0 bridgehead atoms. The van der Waals surface area contributed by atoms with E-state index in [0.717, 1.165) is 4.31 Å². The minimum atomic E-state index is -4.16. The van der Waals surface area contributed by atoms with Crippen LogP contribution in [-0.4, -0.2) is 74.1 Å². The lowest BCUT2D eigenvalue weighted by Gasteiger charge is -2.26. The summed E-state index contributed by atoms with van der Waals surface area (Å²) in [6, 6.07) is 18.1. The first kappa shape index (κ1) is 28.4. The van der Waals surface area contributed by atoms with Gasteiger partial charge in [-0.1, -0.05) is 18.2 Å². The van der Waals surface area contributed by atoms with Gasteiger partial charge in [-0.25, -0.2) is 16.8 Å². The summed E-state index contributed by atoms with van der Waals surface area (Å²) in [5.41, 5.74) is 0.366. The molecule has 1 aliphatic heterocycles. The van der Waals surface area contributed by atoms with Crippen LogP contribution in [0.2, 0.25) is 0 Å². The van der Waals surface area contributed by atoms with Crippen LogP contribution in [0.5, 0.6) is 11.5 Å². The molecule has 0 aliphatic carbocycles. The Morgan fingerprint density at radius 1 is 0.897 bits per heavy atom. The molecule has 11 nitrogen and oxygen atoms in total. The molecule has 39 heavy (non-hydrogen) atoms. The number of rotatable bonds is 10. The molecule has 1 N–H and O–H groups in total. The number of anilines is 2. The number of nitrogens with zero attached hydrogens (tertiary/aromatic N) is 2. The van der Waals surface area contributed by atoms with Crippen molar-refractivity contribution in [1.29, 1.82) is 0 Å². The Hall–Kier alpha value is -3.65. The second kappa shape index (κ2) is 12.0. The predicted molar refractivity (Wildman–Crippen MR) is 145 cm³/mol. The van der Waals surface area contributed by atoms with Gasteiger partial charge in [-0.15, -0.1) is 0 Å². The second-order valence-corrected chi connectivity index (χ2v) is 12.2. The second-order valence-electron chi connectivity index (χ2n) is 8.45. The van der Waals surface area contributed by atoms with Crippen molar-refractivity contribution in [1.82, 2.24) is 4.31 Å². The van der Waals surface area contributed by atoms with E-state index in [9.17, 15) is 21.6 Å². The molecule has 3 aromatic rings. The van der Waals surface area contributed by atoms with Crippen molar-refractivity contribution in [3.05, 3.63) is 72.8 Å². The van der Waals surface area contributed by atoms with Gasteiger partial charge in [-0.2, -0.15) is 4.31 Å². The van der Waals surface area contributed by atoms with Crippen LogP contribution >= 0.6 is 0 Å². The van der Waals surface area contributed by atoms with E-state index < -0.39 is 32.5 Å². The topological polar surface area (TPSA) is 132 Å². The molecule has 1 aliphatic rings. The van der Waals surface area contributed by atoms with Crippen LogP contribution < -0.4 is 19.1 Å². The number of para-hydroxylation sites is 1. The minimum absolute atomic E-state index is 0.0314. The summed E-state index contributed by atoms with van der Waals surface area (Å²) in [5.74, 6) is 0.000623. The lowest BCUT2D eigenvalue weighted by atomic mass is 10.3. The Labute approximate surface area is 228 Å². The first-order chi connectivity index (χ1) is 18.7. The maximum absolute atomic E-state index is 13.6. The first-order valence-corrected chi connectivity index (χ1v) is 14.8. The van der Waals surface area contributed by atoms with Gasteiger partial charge < -0.3 is 19.5 Å². The van der Waals surface area contributed by atoms with Gasteiger partial charge in [0, 0.05) is 13.1 Å². The van der Waals surface area contributed by atoms with Crippen molar-refractivity contribution in [2.45, 2.75) is 9.79 Å². The van der Waals surface area contributed by atoms with E-state index >= 15 is 0 Å². The number of nitrogens with one attached hydrogen (secondary N) is 1. The third-order valence-electron chi connectivity index (χ3n) is 6.03. The van der Waals surface area contributed by atoms with Gasteiger partial charge in [-0.3, -0.25) is 9.10 Å². The predicted octanol–water partition coefficient (Wildman–Crippen LogP) is 2.56. The highest BCUT2D eigenvalue weighted by Gasteiger charge is 2.29. The fourth-order valence-electron chi connectivity index (χ4n) is 3.99. The highest BCUT2D eigenvalue weighted by molar-refractivity contribution is 7.92. The van der Waals surface area contributed by atoms with Crippen LogP contribution in [-0.2, 0) is 29.6 Å². The van der Waals surface area contributed by atoms with Crippen molar-refractivity contribution >= 4 is 37.3 Å². The number of ether oxygens (including phenoxy) is 3. The first-order valence-electron chi connectivity index (χ1n) is 11.9. The van der Waals surface area contributed by atoms with Crippen molar-refractivity contribution in [2.24, 2.45) is 0 Å². The van der Waals surface area contributed by atoms with Gasteiger partial charge >= 0.3 is 0 Å². The van der Waals surface area contributed by atoms with E-state index in [-0.39, 0.29) is 53.2 Å². The molecule has 13 heteroatoms. The number of sulfonamides is 2. The van der Waals surface area contributed by atoms with Crippen LogP contribution in [0.4, 0.5) is 11.4 Å². The molecule has 3 aromatic carbocycles. The van der Waals surface area contributed by atoms with Crippen LogP contribution in [0.1, 0.15) is 0 Å². The minimum Gasteiger partial charge on any atom is -0.497 e. The summed E-state index contributed by atoms with van der Waals surface area (Å²) in [6.07, 6.45) is 0. The normalized spacial score (nSPS) is 14.4. The monoisotopic (exact) mass is 575 g/mol. The van der Waals surface area contributed by atoms with Crippen molar-refractivity contribution < 1.29 is 35.8 Å². The highest BCUT2D eigenvalue weighted by Crippen LogP contribution is 2.30. The Bertz CT molecular complexity index is 1510. The molecule has 0 atom stereocenters. The zero-order valence-corrected chi connectivity index (χ0v) is 23.1.